The van der Waals surface area contributed by atoms with Crippen molar-refractivity contribution < 1.29 is 0 Å². The maximum absolute atomic E-state index is 2.32. The van der Waals surface area contributed by atoms with Crippen LogP contribution in [0.25, 0.3) is 33.4 Å². The molecule has 0 aliphatic carbocycles. The molecule has 0 unspecified atom stereocenters. The van der Waals surface area contributed by atoms with Crippen molar-refractivity contribution in [2.75, 3.05) is 11.9 Å². The Morgan fingerprint density at radius 3 is 1.44 bits per heavy atom. The molecule has 0 amide bonds. The Hall–Kier alpha value is -4.10. The summed E-state index contributed by atoms with van der Waals surface area (Å²) < 4.78 is 0. The van der Waals surface area contributed by atoms with E-state index in [-0.39, 0.29) is 0 Å². The van der Waals surface area contributed by atoms with Crippen molar-refractivity contribution in [3.05, 3.63) is 133 Å². The Balaban J connectivity index is 1.72. The summed E-state index contributed by atoms with van der Waals surface area (Å²) in [6.07, 6.45) is 0. The summed E-state index contributed by atoms with van der Waals surface area (Å²) in [6, 6.07) is 47.1. The van der Waals surface area contributed by atoms with Gasteiger partial charge in [0.25, 0.3) is 0 Å². The summed E-state index contributed by atoms with van der Waals surface area (Å²) in [4.78, 5) is 2.32. The number of rotatable bonds is 5. The molecule has 0 bridgehead atoms. The zero-order valence-corrected chi connectivity index (χ0v) is 18.1. The predicted octanol–water partition coefficient (Wildman–Crippen LogP) is 8.46. The summed E-state index contributed by atoms with van der Waals surface area (Å²) in [5.41, 5.74) is 9.71. The Morgan fingerprint density at radius 2 is 0.812 bits per heavy atom. The van der Waals surface area contributed by atoms with Crippen LogP contribution in [-0.2, 0) is 0 Å². The summed E-state index contributed by atoms with van der Waals surface area (Å²) in [5.74, 6) is 0. The zero-order valence-electron chi connectivity index (χ0n) is 18.1. The van der Waals surface area contributed by atoms with Gasteiger partial charge in [0.15, 0.2) is 0 Å². The minimum atomic E-state index is 1.18. The van der Waals surface area contributed by atoms with Crippen molar-refractivity contribution >= 4 is 11.4 Å². The summed E-state index contributed by atoms with van der Waals surface area (Å²) in [7, 11) is 2.16. The van der Waals surface area contributed by atoms with Crippen LogP contribution in [0.4, 0.5) is 11.4 Å². The molecule has 0 spiro atoms. The van der Waals surface area contributed by atoms with Crippen LogP contribution in [0, 0.1) is 0 Å². The van der Waals surface area contributed by atoms with Crippen LogP contribution >= 0.6 is 0 Å². The highest BCUT2D eigenvalue weighted by Gasteiger charge is 2.18. The van der Waals surface area contributed by atoms with E-state index in [1.54, 1.807) is 0 Å². The molecular weight excluding hydrogens is 386 g/mol. The molecule has 5 rings (SSSR count). The molecule has 1 nitrogen and oxygen atoms in total. The fraction of sp³-hybridized carbons (Fsp3) is 0.0323. The second-order valence-electron chi connectivity index (χ2n) is 7.87. The molecule has 0 heterocycles. The van der Waals surface area contributed by atoms with Crippen LogP contribution in [0.15, 0.2) is 133 Å². The molecule has 32 heavy (non-hydrogen) atoms. The average molecular weight is 412 g/mol. The van der Waals surface area contributed by atoms with Gasteiger partial charge in [-0.25, -0.2) is 0 Å². The molecule has 0 fully saturated rings. The molecule has 0 atom stereocenters. The first-order chi connectivity index (χ1) is 15.8. The first kappa shape index (κ1) is 19.8. The maximum atomic E-state index is 2.32. The van der Waals surface area contributed by atoms with Crippen LogP contribution in [0.5, 0.6) is 0 Å². The highest BCUT2D eigenvalue weighted by Crippen LogP contribution is 2.43. The molecule has 1 heteroatoms. The summed E-state index contributed by atoms with van der Waals surface area (Å²) in [6.45, 7) is 0. The molecule has 0 aliphatic heterocycles. The predicted molar refractivity (Wildman–Crippen MR) is 137 cm³/mol. The fourth-order valence-corrected chi connectivity index (χ4v) is 4.34. The van der Waals surface area contributed by atoms with Crippen molar-refractivity contribution in [3.63, 3.8) is 0 Å². The van der Waals surface area contributed by atoms with Crippen LogP contribution in [-0.4, -0.2) is 7.05 Å². The molecular formula is C31H25N. The van der Waals surface area contributed by atoms with Gasteiger partial charge in [0.1, 0.15) is 0 Å². The molecule has 0 N–H and O–H groups in total. The number of para-hydroxylation sites is 1. The standard InChI is InChI=1S/C31H25N/c1-32(29-22-12-11-20-27(29)24-14-5-2-6-15-24)30-23-13-21-28(25-16-7-3-8-17-25)31(30)26-18-9-4-10-19-26/h2-23H,1H3. The van der Waals surface area contributed by atoms with E-state index in [0.717, 1.165) is 0 Å². The largest absolute Gasteiger partial charge is 0.344 e. The molecule has 0 aromatic heterocycles. The normalized spacial score (nSPS) is 10.7. The van der Waals surface area contributed by atoms with Gasteiger partial charge in [-0.2, -0.15) is 0 Å². The van der Waals surface area contributed by atoms with E-state index in [9.17, 15) is 0 Å². The lowest BCUT2D eigenvalue weighted by Gasteiger charge is -2.27. The van der Waals surface area contributed by atoms with Crippen LogP contribution in [0.3, 0.4) is 0 Å². The van der Waals surface area contributed by atoms with Crippen LogP contribution < -0.4 is 4.90 Å². The van der Waals surface area contributed by atoms with Gasteiger partial charge in [0.05, 0.1) is 0 Å². The Labute approximate surface area is 190 Å². The highest BCUT2D eigenvalue weighted by atomic mass is 15.1. The van der Waals surface area contributed by atoms with Crippen molar-refractivity contribution in [1.82, 2.24) is 0 Å². The summed E-state index contributed by atoms with van der Waals surface area (Å²) in [5, 5.41) is 0. The van der Waals surface area contributed by atoms with E-state index >= 15 is 0 Å². The molecule has 154 valence electrons. The van der Waals surface area contributed by atoms with E-state index in [4.69, 9.17) is 0 Å². The van der Waals surface area contributed by atoms with Crippen LogP contribution in [0.2, 0.25) is 0 Å². The molecule has 0 saturated carbocycles. The van der Waals surface area contributed by atoms with Gasteiger partial charge < -0.3 is 4.90 Å². The molecule has 5 aromatic carbocycles. The lowest BCUT2D eigenvalue weighted by Crippen LogP contribution is -2.12. The van der Waals surface area contributed by atoms with E-state index < -0.39 is 0 Å². The van der Waals surface area contributed by atoms with Crippen molar-refractivity contribution in [2.45, 2.75) is 0 Å². The minimum Gasteiger partial charge on any atom is -0.344 e. The highest BCUT2D eigenvalue weighted by molar-refractivity contribution is 5.95. The van der Waals surface area contributed by atoms with E-state index in [1.807, 2.05) is 0 Å². The van der Waals surface area contributed by atoms with E-state index in [0.29, 0.717) is 0 Å². The third-order valence-electron chi connectivity index (χ3n) is 5.90. The first-order valence-electron chi connectivity index (χ1n) is 10.9. The van der Waals surface area contributed by atoms with Gasteiger partial charge in [-0.3, -0.25) is 0 Å². The SMILES string of the molecule is CN(c1ccccc1-c1ccccc1)c1cccc(-c2ccccc2)c1-c1ccccc1. The monoisotopic (exact) mass is 411 g/mol. The van der Waals surface area contributed by atoms with Crippen molar-refractivity contribution in [3.8, 4) is 33.4 Å². The topological polar surface area (TPSA) is 3.24 Å². The van der Waals surface area contributed by atoms with Crippen molar-refractivity contribution in [2.24, 2.45) is 0 Å². The lowest BCUT2D eigenvalue weighted by atomic mass is 9.92. The number of hydrogen-bond donors (Lipinski definition) is 0. The number of benzene rings is 5. The summed E-state index contributed by atoms with van der Waals surface area (Å²) >= 11 is 0. The second-order valence-corrected chi connectivity index (χ2v) is 7.87. The maximum Gasteiger partial charge on any atom is 0.0494 e. The third-order valence-corrected chi connectivity index (χ3v) is 5.90. The van der Waals surface area contributed by atoms with Gasteiger partial charge in [-0.15, -0.1) is 0 Å². The fourth-order valence-electron chi connectivity index (χ4n) is 4.34. The minimum absolute atomic E-state index is 1.18. The van der Waals surface area contributed by atoms with Gasteiger partial charge in [-0.1, -0.05) is 121 Å². The van der Waals surface area contributed by atoms with Crippen LogP contribution in [0.1, 0.15) is 0 Å². The molecule has 0 radical (unpaired) electrons. The quantitative estimate of drug-likeness (QED) is 0.280. The molecule has 5 aromatic rings. The number of hydrogen-bond acceptors (Lipinski definition) is 1. The zero-order chi connectivity index (χ0) is 21.8. The third kappa shape index (κ3) is 3.81. The van der Waals surface area contributed by atoms with E-state index in [1.165, 1.54) is 44.8 Å². The van der Waals surface area contributed by atoms with Gasteiger partial charge in [0.2, 0.25) is 0 Å². The lowest BCUT2D eigenvalue weighted by molar-refractivity contribution is 1.21. The molecule has 0 saturated heterocycles. The van der Waals surface area contributed by atoms with Gasteiger partial charge in [0, 0.05) is 29.5 Å². The Bertz CT molecular complexity index is 1310. The number of nitrogens with zero attached hydrogens (tertiary/aromatic N) is 1. The smallest absolute Gasteiger partial charge is 0.0494 e. The van der Waals surface area contributed by atoms with E-state index in [2.05, 4.69) is 145 Å². The average Bonchev–Trinajstić information content (AvgIpc) is 2.89. The van der Waals surface area contributed by atoms with Gasteiger partial charge >= 0.3 is 0 Å². The Morgan fingerprint density at radius 1 is 0.375 bits per heavy atom. The van der Waals surface area contributed by atoms with Crippen molar-refractivity contribution in [1.29, 1.82) is 0 Å². The molecule has 0 aliphatic rings. The second kappa shape index (κ2) is 8.95. The van der Waals surface area contributed by atoms with Gasteiger partial charge in [-0.05, 0) is 34.4 Å². The first-order valence-corrected chi connectivity index (χ1v) is 10.9. The number of anilines is 2. The Kier molecular flexibility index (Phi) is 5.55.